The molecule has 0 aliphatic carbocycles. The SMILES string of the molecule is C1=N[N]CCN1. The lowest BCUT2D eigenvalue weighted by atomic mass is 10.6. The summed E-state index contributed by atoms with van der Waals surface area (Å²) in [6.07, 6.45) is 1.60. The topological polar surface area (TPSA) is 38.5 Å². The van der Waals surface area contributed by atoms with E-state index in [4.69, 9.17) is 0 Å². The summed E-state index contributed by atoms with van der Waals surface area (Å²) in [5.41, 5.74) is 3.68. The second-order valence-electron chi connectivity index (χ2n) is 1.06. The Labute approximate surface area is 36.4 Å². The van der Waals surface area contributed by atoms with Gasteiger partial charge in [0.1, 0.15) is 6.34 Å². The van der Waals surface area contributed by atoms with E-state index in [1.807, 2.05) is 0 Å². The van der Waals surface area contributed by atoms with Crippen molar-refractivity contribution in [1.29, 1.82) is 0 Å². The highest BCUT2D eigenvalue weighted by Crippen LogP contribution is 1.65. The van der Waals surface area contributed by atoms with Crippen LogP contribution in [0.1, 0.15) is 0 Å². The Bertz CT molecular complexity index is 51.1. The lowest BCUT2D eigenvalue weighted by Crippen LogP contribution is -2.25. The Morgan fingerprint density at radius 1 is 1.67 bits per heavy atom. The molecule has 0 saturated carbocycles. The predicted molar refractivity (Wildman–Crippen MR) is 23.5 cm³/mol. The van der Waals surface area contributed by atoms with Gasteiger partial charge in [-0.15, -0.1) is 5.10 Å². The first-order valence-corrected chi connectivity index (χ1v) is 1.92. The first-order valence-electron chi connectivity index (χ1n) is 1.92. The van der Waals surface area contributed by atoms with E-state index in [-0.39, 0.29) is 0 Å². The smallest absolute Gasteiger partial charge is 0.111 e. The van der Waals surface area contributed by atoms with Crippen LogP contribution in [0.3, 0.4) is 0 Å². The molecular formula is C3H6N3. The van der Waals surface area contributed by atoms with Gasteiger partial charge in [0.2, 0.25) is 0 Å². The largest absolute Gasteiger partial charge is 0.373 e. The Morgan fingerprint density at radius 2 is 2.67 bits per heavy atom. The molecule has 1 heterocycles. The maximum Gasteiger partial charge on any atom is 0.111 e. The van der Waals surface area contributed by atoms with Crippen molar-refractivity contribution in [2.75, 3.05) is 13.1 Å². The van der Waals surface area contributed by atoms with Gasteiger partial charge < -0.3 is 5.32 Å². The molecule has 0 unspecified atom stereocenters. The van der Waals surface area contributed by atoms with Crippen LogP contribution in [-0.4, -0.2) is 19.4 Å². The molecule has 0 aromatic heterocycles. The normalized spacial score (nSPS) is 18.7. The van der Waals surface area contributed by atoms with Crippen molar-refractivity contribution in [3.05, 3.63) is 0 Å². The molecule has 1 radical (unpaired) electrons. The van der Waals surface area contributed by atoms with Gasteiger partial charge in [-0.05, 0) is 0 Å². The highest BCUT2D eigenvalue weighted by Gasteiger charge is 1.85. The Morgan fingerprint density at radius 3 is 2.83 bits per heavy atom. The van der Waals surface area contributed by atoms with Crippen molar-refractivity contribution < 1.29 is 0 Å². The van der Waals surface area contributed by atoms with E-state index in [1.54, 1.807) is 6.34 Å². The summed E-state index contributed by atoms with van der Waals surface area (Å²) >= 11 is 0. The standard InChI is InChI=1S/C3H6N3/c1-2-5-6-3-4-1/h3H,1-2H2,(H,4,6). The lowest BCUT2D eigenvalue weighted by Gasteiger charge is -2.01. The second-order valence-corrected chi connectivity index (χ2v) is 1.06. The molecule has 0 amide bonds. The van der Waals surface area contributed by atoms with Gasteiger partial charge in [-0.1, -0.05) is 0 Å². The van der Waals surface area contributed by atoms with E-state index in [9.17, 15) is 0 Å². The molecule has 0 spiro atoms. The Hall–Kier alpha value is -0.730. The second kappa shape index (κ2) is 1.64. The van der Waals surface area contributed by atoms with Crippen molar-refractivity contribution in [1.82, 2.24) is 10.7 Å². The Balaban J connectivity index is 2.26. The highest BCUT2D eigenvalue weighted by molar-refractivity contribution is 5.54. The summed E-state index contributed by atoms with van der Waals surface area (Å²) in [5, 5.41) is 6.47. The summed E-state index contributed by atoms with van der Waals surface area (Å²) in [5.74, 6) is 0. The van der Waals surface area contributed by atoms with Crippen molar-refractivity contribution >= 4 is 6.34 Å². The summed E-state index contributed by atoms with van der Waals surface area (Å²) in [4.78, 5) is 0. The summed E-state index contributed by atoms with van der Waals surface area (Å²) < 4.78 is 0. The average molecular weight is 84.1 g/mol. The first-order chi connectivity index (χ1) is 3.00. The molecule has 3 nitrogen and oxygen atoms in total. The fourth-order valence-electron chi connectivity index (χ4n) is 0.318. The van der Waals surface area contributed by atoms with Gasteiger partial charge in [0.05, 0.1) is 6.54 Å². The van der Waals surface area contributed by atoms with Crippen LogP contribution in [0.2, 0.25) is 0 Å². The number of hydrogen-bond acceptors (Lipinski definition) is 2. The molecule has 0 fully saturated rings. The monoisotopic (exact) mass is 84.1 g/mol. The molecule has 0 bridgehead atoms. The third-order valence-electron chi connectivity index (χ3n) is 0.587. The van der Waals surface area contributed by atoms with Gasteiger partial charge in [-0.25, -0.2) is 0 Å². The molecular weight excluding hydrogens is 78.1 g/mol. The number of nitrogens with one attached hydrogen (secondary N) is 1. The minimum Gasteiger partial charge on any atom is -0.373 e. The van der Waals surface area contributed by atoms with Gasteiger partial charge in [0.15, 0.2) is 0 Å². The molecule has 1 rings (SSSR count). The van der Waals surface area contributed by atoms with Crippen molar-refractivity contribution in [3.63, 3.8) is 0 Å². The maximum atomic E-state index is 3.68. The molecule has 0 aromatic carbocycles. The summed E-state index contributed by atoms with van der Waals surface area (Å²) in [6, 6.07) is 0. The minimum atomic E-state index is 0.816. The first kappa shape index (κ1) is 3.46. The van der Waals surface area contributed by atoms with E-state index in [1.165, 1.54) is 0 Å². The molecule has 0 saturated heterocycles. The lowest BCUT2D eigenvalue weighted by molar-refractivity contribution is 0.664. The predicted octanol–water partition coefficient (Wildman–Crippen LogP) is -0.863. The molecule has 0 atom stereocenters. The fraction of sp³-hybridized carbons (Fsp3) is 0.667. The van der Waals surface area contributed by atoms with Crippen LogP contribution in [0.15, 0.2) is 5.10 Å². The quantitative estimate of drug-likeness (QED) is 0.407. The molecule has 1 aliphatic rings. The molecule has 3 heteroatoms. The van der Waals surface area contributed by atoms with Gasteiger partial charge in [-0.3, -0.25) is 0 Å². The zero-order chi connectivity index (χ0) is 4.24. The molecule has 1 aliphatic heterocycles. The van der Waals surface area contributed by atoms with Crippen LogP contribution in [0.5, 0.6) is 0 Å². The average Bonchev–Trinajstić information content (AvgIpc) is 1.72. The molecule has 33 valence electrons. The maximum absolute atomic E-state index is 3.68. The van der Waals surface area contributed by atoms with Gasteiger partial charge in [0.25, 0.3) is 0 Å². The summed E-state index contributed by atoms with van der Waals surface area (Å²) in [7, 11) is 0. The van der Waals surface area contributed by atoms with Gasteiger partial charge in [-0.2, -0.15) is 5.43 Å². The van der Waals surface area contributed by atoms with Crippen LogP contribution in [-0.2, 0) is 0 Å². The Kier molecular flexibility index (Phi) is 0.948. The fourth-order valence-corrected chi connectivity index (χ4v) is 0.318. The number of hydrogen-bond donors (Lipinski definition) is 1. The third kappa shape index (κ3) is 0.607. The van der Waals surface area contributed by atoms with E-state index >= 15 is 0 Å². The van der Waals surface area contributed by atoms with E-state index in [2.05, 4.69) is 15.8 Å². The summed E-state index contributed by atoms with van der Waals surface area (Å²) in [6.45, 7) is 1.75. The van der Waals surface area contributed by atoms with Crippen LogP contribution in [0.25, 0.3) is 0 Å². The van der Waals surface area contributed by atoms with Crippen LogP contribution in [0.4, 0.5) is 0 Å². The third-order valence-corrected chi connectivity index (χ3v) is 0.587. The van der Waals surface area contributed by atoms with Crippen molar-refractivity contribution in [3.8, 4) is 0 Å². The van der Waals surface area contributed by atoms with E-state index in [0.717, 1.165) is 13.1 Å². The van der Waals surface area contributed by atoms with Crippen molar-refractivity contribution in [2.24, 2.45) is 5.10 Å². The van der Waals surface area contributed by atoms with Crippen LogP contribution in [0, 0.1) is 0 Å². The molecule has 0 aromatic rings. The van der Waals surface area contributed by atoms with E-state index < -0.39 is 0 Å². The number of nitrogens with zero attached hydrogens (tertiary/aromatic N) is 2. The van der Waals surface area contributed by atoms with Crippen LogP contribution < -0.4 is 10.7 Å². The van der Waals surface area contributed by atoms with Gasteiger partial charge >= 0.3 is 0 Å². The molecule has 1 N–H and O–H groups in total. The van der Waals surface area contributed by atoms with Crippen molar-refractivity contribution in [2.45, 2.75) is 0 Å². The van der Waals surface area contributed by atoms with Crippen LogP contribution >= 0.6 is 0 Å². The number of rotatable bonds is 0. The highest BCUT2D eigenvalue weighted by atomic mass is 15.3. The molecule has 6 heavy (non-hydrogen) atoms. The minimum absolute atomic E-state index is 0.816. The zero-order valence-corrected chi connectivity index (χ0v) is 3.39. The van der Waals surface area contributed by atoms with E-state index in [0.29, 0.717) is 0 Å². The zero-order valence-electron chi connectivity index (χ0n) is 3.39. The van der Waals surface area contributed by atoms with Gasteiger partial charge in [0, 0.05) is 6.54 Å².